The van der Waals surface area contributed by atoms with Gasteiger partial charge in [0.05, 0.1) is 0 Å². The number of hydrogen-bond donors (Lipinski definition) is 2. The van der Waals surface area contributed by atoms with Gasteiger partial charge in [0, 0.05) is 6.54 Å². The Morgan fingerprint density at radius 2 is 1.90 bits per heavy atom. The van der Waals surface area contributed by atoms with Crippen LogP contribution in [-0.4, -0.2) is 6.54 Å². The molecular weight excluding hydrogens is 124 g/mol. The lowest BCUT2D eigenvalue weighted by Gasteiger charge is -1.87. The van der Waals surface area contributed by atoms with Crippen molar-refractivity contribution in [2.75, 3.05) is 6.54 Å². The number of unbranched alkanes of at least 4 members (excludes halogenated alkanes) is 2. The minimum atomic E-state index is 0. The zero-order valence-corrected chi connectivity index (χ0v) is 6.55. The lowest BCUT2D eigenvalue weighted by Crippen LogP contribution is -1.91. The third kappa shape index (κ3) is 10.4. The van der Waals surface area contributed by atoms with Gasteiger partial charge in [-0.05, 0) is 19.3 Å². The Balaban J connectivity index is 0. The zero-order chi connectivity index (χ0) is 6.95. The molecule has 0 amide bonds. The average molecular weight is 142 g/mol. The lowest BCUT2D eigenvalue weighted by molar-refractivity contribution is 0.867. The summed E-state index contributed by atoms with van der Waals surface area (Å²) in [6.45, 7) is 4.29. The predicted molar refractivity (Wildman–Crippen MR) is 47.3 cm³/mol. The molecule has 60 valence electrons. The van der Waals surface area contributed by atoms with Gasteiger partial charge in [-0.2, -0.15) is 0 Å². The van der Waals surface area contributed by atoms with E-state index in [0.29, 0.717) is 6.54 Å². The monoisotopic (exact) mass is 142 g/mol. The van der Waals surface area contributed by atoms with Crippen molar-refractivity contribution in [1.82, 2.24) is 6.15 Å². The minimum absolute atomic E-state index is 0. The smallest absolute Gasteiger partial charge is 0.0106 e. The molecule has 0 fully saturated rings. The van der Waals surface area contributed by atoms with Crippen molar-refractivity contribution < 1.29 is 0 Å². The summed E-state index contributed by atoms with van der Waals surface area (Å²) in [7, 11) is 0. The molecule has 0 aromatic rings. The van der Waals surface area contributed by atoms with Gasteiger partial charge in [-0.25, -0.2) is 0 Å². The van der Waals surface area contributed by atoms with Gasteiger partial charge in [0.15, 0.2) is 0 Å². The van der Waals surface area contributed by atoms with Crippen LogP contribution in [0.4, 0.5) is 0 Å². The van der Waals surface area contributed by atoms with Crippen LogP contribution in [-0.2, 0) is 0 Å². The largest absolute Gasteiger partial charge is 0.344 e. The summed E-state index contributed by atoms with van der Waals surface area (Å²) < 4.78 is 0. The molecule has 2 heteroatoms. The third-order valence-corrected chi connectivity index (χ3v) is 1.08. The molecule has 2 nitrogen and oxygen atoms in total. The van der Waals surface area contributed by atoms with E-state index in [1.54, 1.807) is 0 Å². The molecule has 5 N–H and O–H groups in total. The first-order chi connectivity index (χ1) is 4.41. The van der Waals surface area contributed by atoms with E-state index in [9.17, 15) is 0 Å². The Morgan fingerprint density at radius 3 is 2.40 bits per heavy atom. The fourth-order valence-electron chi connectivity index (χ4n) is 0.594. The SMILES string of the molecule is C=CCCCC=CCN.N. The number of nitrogens with two attached hydrogens (primary N) is 1. The first-order valence-corrected chi connectivity index (χ1v) is 3.37. The van der Waals surface area contributed by atoms with E-state index >= 15 is 0 Å². The molecule has 0 atom stereocenters. The Kier molecular flexibility index (Phi) is 13.6. The van der Waals surface area contributed by atoms with Gasteiger partial charge in [0.2, 0.25) is 0 Å². The van der Waals surface area contributed by atoms with Gasteiger partial charge in [0.1, 0.15) is 0 Å². The summed E-state index contributed by atoms with van der Waals surface area (Å²) in [6.07, 6.45) is 9.47. The average Bonchev–Trinajstić information content (AvgIpc) is 1.89. The van der Waals surface area contributed by atoms with E-state index in [1.807, 2.05) is 12.2 Å². The van der Waals surface area contributed by atoms with E-state index < -0.39 is 0 Å². The summed E-state index contributed by atoms with van der Waals surface area (Å²) >= 11 is 0. The van der Waals surface area contributed by atoms with Crippen molar-refractivity contribution in [1.29, 1.82) is 0 Å². The molecule has 0 unspecified atom stereocenters. The quantitative estimate of drug-likeness (QED) is 0.455. The Labute approximate surface area is 63.4 Å². The molecule has 0 bridgehead atoms. The van der Waals surface area contributed by atoms with Gasteiger partial charge in [-0.3, -0.25) is 0 Å². The summed E-state index contributed by atoms with van der Waals surface area (Å²) in [6, 6.07) is 0. The highest BCUT2D eigenvalue weighted by Crippen LogP contribution is 1.95. The maximum atomic E-state index is 5.24. The van der Waals surface area contributed by atoms with E-state index in [2.05, 4.69) is 12.7 Å². The third-order valence-electron chi connectivity index (χ3n) is 1.08. The van der Waals surface area contributed by atoms with Crippen LogP contribution in [0.3, 0.4) is 0 Å². The van der Waals surface area contributed by atoms with Crippen LogP contribution in [0.5, 0.6) is 0 Å². The predicted octanol–water partition coefficient (Wildman–Crippen LogP) is 2.02. The lowest BCUT2D eigenvalue weighted by atomic mass is 10.2. The summed E-state index contributed by atoms with van der Waals surface area (Å²) in [5.41, 5.74) is 5.24. The van der Waals surface area contributed by atoms with Gasteiger partial charge in [-0.15, -0.1) is 6.58 Å². The van der Waals surface area contributed by atoms with Crippen molar-refractivity contribution in [2.24, 2.45) is 5.73 Å². The fraction of sp³-hybridized carbons (Fsp3) is 0.500. The second-order valence-corrected chi connectivity index (χ2v) is 1.93. The Hall–Kier alpha value is -0.600. The Morgan fingerprint density at radius 1 is 1.20 bits per heavy atom. The van der Waals surface area contributed by atoms with Crippen molar-refractivity contribution in [3.05, 3.63) is 24.8 Å². The van der Waals surface area contributed by atoms with E-state index in [4.69, 9.17) is 5.73 Å². The molecular formula is C8H18N2. The second-order valence-electron chi connectivity index (χ2n) is 1.93. The van der Waals surface area contributed by atoms with E-state index in [-0.39, 0.29) is 6.15 Å². The molecule has 10 heavy (non-hydrogen) atoms. The van der Waals surface area contributed by atoms with Gasteiger partial charge >= 0.3 is 0 Å². The number of rotatable bonds is 5. The fourth-order valence-corrected chi connectivity index (χ4v) is 0.594. The molecule has 0 saturated carbocycles. The van der Waals surface area contributed by atoms with Crippen molar-refractivity contribution in [2.45, 2.75) is 19.3 Å². The molecule has 0 aromatic heterocycles. The molecule has 0 heterocycles. The highest BCUT2D eigenvalue weighted by Gasteiger charge is 1.76. The highest BCUT2D eigenvalue weighted by molar-refractivity contribution is 4.82. The van der Waals surface area contributed by atoms with Crippen molar-refractivity contribution in [3.63, 3.8) is 0 Å². The highest BCUT2D eigenvalue weighted by atomic mass is 14.5. The standard InChI is InChI=1S/C8H15N.H3N/c1-2-3-4-5-6-7-8-9;/h2,6-7H,1,3-5,8-9H2;1H3. The van der Waals surface area contributed by atoms with Crippen LogP contribution >= 0.6 is 0 Å². The topological polar surface area (TPSA) is 61.0 Å². The van der Waals surface area contributed by atoms with Crippen LogP contribution in [0.15, 0.2) is 24.8 Å². The summed E-state index contributed by atoms with van der Waals surface area (Å²) in [4.78, 5) is 0. The molecule has 0 spiro atoms. The van der Waals surface area contributed by atoms with Crippen LogP contribution in [0.2, 0.25) is 0 Å². The normalized spacial score (nSPS) is 9.30. The summed E-state index contributed by atoms with van der Waals surface area (Å²) in [5.74, 6) is 0. The summed E-state index contributed by atoms with van der Waals surface area (Å²) in [5, 5.41) is 0. The molecule has 0 aliphatic carbocycles. The van der Waals surface area contributed by atoms with E-state index in [1.165, 1.54) is 6.42 Å². The van der Waals surface area contributed by atoms with E-state index in [0.717, 1.165) is 12.8 Å². The maximum absolute atomic E-state index is 5.24. The van der Waals surface area contributed by atoms with Crippen molar-refractivity contribution in [3.8, 4) is 0 Å². The van der Waals surface area contributed by atoms with Crippen LogP contribution < -0.4 is 11.9 Å². The maximum Gasteiger partial charge on any atom is 0.0106 e. The van der Waals surface area contributed by atoms with Crippen molar-refractivity contribution >= 4 is 0 Å². The van der Waals surface area contributed by atoms with Gasteiger partial charge in [0.25, 0.3) is 0 Å². The first kappa shape index (κ1) is 12.1. The zero-order valence-electron chi connectivity index (χ0n) is 6.55. The molecule has 0 aromatic carbocycles. The molecule has 0 saturated heterocycles. The van der Waals surface area contributed by atoms with Crippen LogP contribution in [0.1, 0.15) is 19.3 Å². The van der Waals surface area contributed by atoms with Gasteiger partial charge in [-0.1, -0.05) is 18.2 Å². The second kappa shape index (κ2) is 11.2. The number of hydrogen-bond acceptors (Lipinski definition) is 2. The molecule has 0 aliphatic rings. The van der Waals surface area contributed by atoms with Crippen LogP contribution in [0, 0.1) is 0 Å². The minimum Gasteiger partial charge on any atom is -0.344 e. The van der Waals surface area contributed by atoms with Crippen LogP contribution in [0.25, 0.3) is 0 Å². The molecule has 0 radical (unpaired) electrons. The number of allylic oxidation sites excluding steroid dienone is 2. The molecule has 0 rings (SSSR count). The first-order valence-electron chi connectivity index (χ1n) is 3.37. The van der Waals surface area contributed by atoms with Gasteiger partial charge < -0.3 is 11.9 Å². The Bertz CT molecular complexity index is 87.3. The molecule has 0 aliphatic heterocycles.